The summed E-state index contributed by atoms with van der Waals surface area (Å²) in [7, 11) is -1.57. The van der Waals surface area contributed by atoms with Crippen molar-refractivity contribution in [2.75, 3.05) is 20.2 Å². The molecule has 1 aliphatic rings. The molecule has 0 aromatic heterocycles. The summed E-state index contributed by atoms with van der Waals surface area (Å²) in [5.41, 5.74) is 7.34. The van der Waals surface area contributed by atoms with Gasteiger partial charge >= 0.3 is 0 Å². The van der Waals surface area contributed by atoms with Crippen molar-refractivity contribution >= 4 is 10.0 Å². The fourth-order valence-electron chi connectivity index (χ4n) is 2.42. The number of benzene rings is 1. The molecular formula is C14H22N2O3S. The summed E-state index contributed by atoms with van der Waals surface area (Å²) >= 11 is 0. The van der Waals surface area contributed by atoms with E-state index in [4.69, 9.17) is 10.5 Å². The average molecular weight is 298 g/mol. The lowest BCUT2D eigenvalue weighted by Crippen LogP contribution is -2.41. The molecular weight excluding hydrogens is 276 g/mol. The molecule has 0 amide bonds. The van der Waals surface area contributed by atoms with E-state index in [-0.39, 0.29) is 11.9 Å². The summed E-state index contributed by atoms with van der Waals surface area (Å²) in [5.74, 6) is 0.0511. The van der Waals surface area contributed by atoms with E-state index in [2.05, 4.69) is 0 Å². The van der Waals surface area contributed by atoms with Gasteiger partial charge in [-0.05, 0) is 24.0 Å². The highest BCUT2D eigenvalue weighted by Crippen LogP contribution is 2.19. The normalized spacial score (nSPS) is 18.3. The summed E-state index contributed by atoms with van der Waals surface area (Å²) in [6, 6.07) is 7.42. The first kappa shape index (κ1) is 15.4. The van der Waals surface area contributed by atoms with Crippen LogP contribution in [0.3, 0.4) is 0 Å². The smallest absolute Gasteiger partial charge is 0.218 e. The van der Waals surface area contributed by atoms with Gasteiger partial charge in [-0.1, -0.05) is 24.3 Å². The Bertz CT molecular complexity index is 520. The van der Waals surface area contributed by atoms with Gasteiger partial charge in [-0.3, -0.25) is 0 Å². The molecule has 1 aromatic rings. The van der Waals surface area contributed by atoms with Gasteiger partial charge in [0.2, 0.25) is 10.0 Å². The first-order chi connectivity index (χ1) is 9.55. The zero-order valence-electron chi connectivity index (χ0n) is 11.8. The number of hydrogen-bond donors (Lipinski definition) is 1. The van der Waals surface area contributed by atoms with Gasteiger partial charge < -0.3 is 10.5 Å². The predicted molar refractivity (Wildman–Crippen MR) is 78.6 cm³/mol. The third kappa shape index (κ3) is 3.79. The Kier molecular flexibility index (Phi) is 5.15. The molecule has 0 radical (unpaired) electrons. The van der Waals surface area contributed by atoms with E-state index < -0.39 is 10.0 Å². The van der Waals surface area contributed by atoms with E-state index in [1.54, 1.807) is 11.4 Å². The van der Waals surface area contributed by atoms with E-state index in [0.29, 0.717) is 19.6 Å². The lowest BCUT2D eigenvalue weighted by molar-refractivity contribution is 0.0604. The van der Waals surface area contributed by atoms with Gasteiger partial charge in [0.05, 0.1) is 11.9 Å². The van der Waals surface area contributed by atoms with Gasteiger partial charge in [-0.15, -0.1) is 0 Å². The van der Waals surface area contributed by atoms with Crippen molar-refractivity contribution in [3.05, 3.63) is 35.4 Å². The summed E-state index contributed by atoms with van der Waals surface area (Å²) in [6.45, 7) is 1.56. The first-order valence-corrected chi connectivity index (χ1v) is 8.44. The standard InChI is InChI=1S/C14H22N2O3S/c1-19-14-6-8-16(9-7-14)20(17,18)11-13-4-2-12(10-15)3-5-13/h2-5,14H,6-11,15H2,1H3. The van der Waals surface area contributed by atoms with Crippen molar-refractivity contribution < 1.29 is 13.2 Å². The molecule has 2 N–H and O–H groups in total. The van der Waals surface area contributed by atoms with E-state index >= 15 is 0 Å². The molecule has 0 spiro atoms. The fraction of sp³-hybridized carbons (Fsp3) is 0.571. The Hall–Kier alpha value is -0.950. The van der Waals surface area contributed by atoms with Crippen molar-refractivity contribution in [2.24, 2.45) is 5.73 Å². The van der Waals surface area contributed by atoms with Crippen LogP contribution in [0.4, 0.5) is 0 Å². The second kappa shape index (κ2) is 6.67. The second-order valence-corrected chi connectivity index (χ2v) is 7.08. The van der Waals surface area contributed by atoms with Gasteiger partial charge in [0.1, 0.15) is 0 Å². The van der Waals surface area contributed by atoms with Crippen LogP contribution in [0.5, 0.6) is 0 Å². The van der Waals surface area contributed by atoms with Crippen LogP contribution < -0.4 is 5.73 Å². The van der Waals surface area contributed by atoms with Gasteiger partial charge in [-0.25, -0.2) is 12.7 Å². The van der Waals surface area contributed by atoms with Crippen LogP contribution >= 0.6 is 0 Å². The zero-order valence-corrected chi connectivity index (χ0v) is 12.6. The molecule has 0 atom stereocenters. The fourth-order valence-corrected chi connectivity index (χ4v) is 3.98. The first-order valence-electron chi connectivity index (χ1n) is 6.83. The molecule has 1 aliphatic heterocycles. The van der Waals surface area contributed by atoms with Crippen LogP contribution in [0, 0.1) is 0 Å². The summed E-state index contributed by atoms with van der Waals surface area (Å²) < 4.78 is 31.6. The maximum Gasteiger partial charge on any atom is 0.218 e. The number of nitrogens with two attached hydrogens (primary N) is 1. The Balaban J connectivity index is 2.00. The molecule has 0 bridgehead atoms. The quantitative estimate of drug-likeness (QED) is 0.883. The molecule has 1 fully saturated rings. The largest absolute Gasteiger partial charge is 0.381 e. The maximum absolute atomic E-state index is 12.4. The molecule has 1 saturated heterocycles. The number of methoxy groups -OCH3 is 1. The van der Waals surface area contributed by atoms with Gasteiger partial charge in [0, 0.05) is 26.7 Å². The Morgan fingerprint density at radius 2 is 1.75 bits per heavy atom. The molecule has 0 aliphatic carbocycles. The molecule has 2 rings (SSSR count). The number of sulfonamides is 1. The van der Waals surface area contributed by atoms with Gasteiger partial charge in [-0.2, -0.15) is 0 Å². The number of rotatable bonds is 5. The highest BCUT2D eigenvalue weighted by molar-refractivity contribution is 7.88. The van der Waals surface area contributed by atoms with Crippen LogP contribution in [0.25, 0.3) is 0 Å². The Morgan fingerprint density at radius 1 is 1.20 bits per heavy atom. The third-order valence-corrected chi connectivity index (χ3v) is 5.59. The Morgan fingerprint density at radius 3 is 2.25 bits per heavy atom. The molecule has 112 valence electrons. The van der Waals surface area contributed by atoms with Crippen molar-refractivity contribution in [1.29, 1.82) is 0 Å². The minimum absolute atomic E-state index is 0.0511. The van der Waals surface area contributed by atoms with E-state index in [1.807, 2.05) is 24.3 Å². The molecule has 1 heterocycles. The second-order valence-electron chi connectivity index (χ2n) is 5.11. The summed E-state index contributed by atoms with van der Waals surface area (Å²) in [6.07, 6.45) is 1.72. The highest BCUT2D eigenvalue weighted by Gasteiger charge is 2.27. The number of ether oxygens (including phenoxy) is 1. The van der Waals surface area contributed by atoms with Gasteiger partial charge in [0.25, 0.3) is 0 Å². The molecule has 5 nitrogen and oxygen atoms in total. The monoisotopic (exact) mass is 298 g/mol. The van der Waals surface area contributed by atoms with Crippen molar-refractivity contribution in [1.82, 2.24) is 4.31 Å². The lowest BCUT2D eigenvalue weighted by Gasteiger charge is -2.30. The van der Waals surface area contributed by atoms with Gasteiger partial charge in [0.15, 0.2) is 0 Å². The molecule has 20 heavy (non-hydrogen) atoms. The van der Waals surface area contributed by atoms with Crippen molar-refractivity contribution in [2.45, 2.75) is 31.2 Å². The van der Waals surface area contributed by atoms with Crippen LogP contribution in [0.15, 0.2) is 24.3 Å². The number of nitrogens with zero attached hydrogens (tertiary/aromatic N) is 1. The number of hydrogen-bond acceptors (Lipinski definition) is 4. The minimum atomic E-state index is -3.24. The van der Waals surface area contributed by atoms with E-state index in [9.17, 15) is 8.42 Å². The van der Waals surface area contributed by atoms with E-state index in [0.717, 1.165) is 24.0 Å². The van der Waals surface area contributed by atoms with Crippen molar-refractivity contribution in [3.63, 3.8) is 0 Å². The van der Waals surface area contributed by atoms with Crippen LogP contribution in [0.1, 0.15) is 24.0 Å². The minimum Gasteiger partial charge on any atom is -0.381 e. The zero-order chi connectivity index (χ0) is 14.6. The van der Waals surface area contributed by atoms with Crippen LogP contribution in [-0.4, -0.2) is 39.0 Å². The Labute approximate surface area is 120 Å². The predicted octanol–water partition coefficient (Wildman–Crippen LogP) is 1.09. The average Bonchev–Trinajstić information content (AvgIpc) is 2.48. The molecule has 0 unspecified atom stereocenters. The molecule has 1 aromatic carbocycles. The molecule has 0 saturated carbocycles. The topological polar surface area (TPSA) is 72.6 Å². The maximum atomic E-state index is 12.4. The van der Waals surface area contributed by atoms with Crippen LogP contribution in [0.2, 0.25) is 0 Å². The SMILES string of the molecule is COC1CCN(S(=O)(=O)Cc2ccc(CN)cc2)CC1. The molecule has 6 heteroatoms. The third-order valence-electron chi connectivity index (χ3n) is 3.74. The highest BCUT2D eigenvalue weighted by atomic mass is 32.2. The summed E-state index contributed by atoms with van der Waals surface area (Å²) in [5, 5.41) is 0. The van der Waals surface area contributed by atoms with Crippen molar-refractivity contribution in [3.8, 4) is 0 Å². The number of piperidine rings is 1. The lowest BCUT2D eigenvalue weighted by atomic mass is 10.1. The van der Waals surface area contributed by atoms with E-state index in [1.165, 1.54) is 0 Å². The summed E-state index contributed by atoms with van der Waals surface area (Å²) in [4.78, 5) is 0. The van der Waals surface area contributed by atoms with Crippen LogP contribution in [-0.2, 0) is 27.1 Å².